The summed E-state index contributed by atoms with van der Waals surface area (Å²) >= 11 is 0. The van der Waals surface area contributed by atoms with Gasteiger partial charge in [-0.05, 0) is 31.0 Å². The lowest BCUT2D eigenvalue weighted by Gasteiger charge is -2.10. The SMILES string of the molecule is Cc1cc(C)c2c(c1)OCCc1c-2n[nH]c1C(N)=O. The monoisotopic (exact) mass is 257 g/mol. The molecule has 0 unspecified atom stereocenters. The highest BCUT2D eigenvalue weighted by molar-refractivity contribution is 5.94. The minimum atomic E-state index is -0.484. The molecule has 2 aromatic rings. The van der Waals surface area contributed by atoms with E-state index in [0.717, 1.165) is 33.7 Å². The molecule has 1 aliphatic heterocycles. The van der Waals surface area contributed by atoms with Gasteiger partial charge in [-0.15, -0.1) is 0 Å². The number of aromatic nitrogens is 2. The van der Waals surface area contributed by atoms with Crippen LogP contribution in [0.5, 0.6) is 5.75 Å². The highest BCUT2D eigenvalue weighted by Gasteiger charge is 2.25. The van der Waals surface area contributed by atoms with Gasteiger partial charge in [-0.2, -0.15) is 5.10 Å². The Morgan fingerprint density at radius 1 is 1.42 bits per heavy atom. The minimum absolute atomic E-state index is 0.381. The highest BCUT2D eigenvalue weighted by atomic mass is 16.5. The maximum atomic E-state index is 11.4. The molecule has 19 heavy (non-hydrogen) atoms. The summed E-state index contributed by atoms with van der Waals surface area (Å²) in [5.41, 5.74) is 10.5. The third-order valence-electron chi connectivity index (χ3n) is 3.40. The van der Waals surface area contributed by atoms with Crippen molar-refractivity contribution in [2.24, 2.45) is 5.73 Å². The van der Waals surface area contributed by atoms with E-state index in [1.165, 1.54) is 0 Å². The minimum Gasteiger partial charge on any atom is -0.493 e. The molecule has 98 valence electrons. The van der Waals surface area contributed by atoms with E-state index in [0.29, 0.717) is 18.7 Å². The van der Waals surface area contributed by atoms with Crippen LogP contribution in [-0.4, -0.2) is 22.7 Å². The number of carbonyl (C=O) groups is 1. The van der Waals surface area contributed by atoms with Gasteiger partial charge in [0.15, 0.2) is 0 Å². The Labute approximate surface area is 110 Å². The number of nitrogens with zero attached hydrogens (tertiary/aromatic N) is 1. The number of aromatic amines is 1. The molecule has 0 saturated heterocycles. The van der Waals surface area contributed by atoms with Crippen LogP contribution in [0.2, 0.25) is 0 Å². The molecule has 0 fully saturated rings. The summed E-state index contributed by atoms with van der Waals surface area (Å²) in [6, 6.07) is 4.08. The molecule has 0 radical (unpaired) electrons. The molecular weight excluding hydrogens is 242 g/mol. The number of fused-ring (bicyclic) bond motifs is 3. The van der Waals surface area contributed by atoms with Crippen molar-refractivity contribution in [3.8, 4) is 17.0 Å². The number of hydrogen-bond donors (Lipinski definition) is 2. The van der Waals surface area contributed by atoms with Crippen LogP contribution in [0.25, 0.3) is 11.3 Å². The Hall–Kier alpha value is -2.30. The molecule has 1 amide bonds. The number of carbonyl (C=O) groups excluding carboxylic acids is 1. The summed E-state index contributed by atoms with van der Waals surface area (Å²) in [7, 11) is 0. The number of H-pyrrole nitrogens is 1. The van der Waals surface area contributed by atoms with E-state index < -0.39 is 5.91 Å². The van der Waals surface area contributed by atoms with E-state index in [2.05, 4.69) is 16.3 Å². The number of benzene rings is 1. The summed E-state index contributed by atoms with van der Waals surface area (Å²) in [6.45, 7) is 4.56. The molecule has 5 heteroatoms. The zero-order chi connectivity index (χ0) is 13.6. The third-order valence-corrected chi connectivity index (χ3v) is 3.40. The molecule has 5 nitrogen and oxygen atoms in total. The van der Waals surface area contributed by atoms with Gasteiger partial charge >= 0.3 is 0 Å². The molecule has 3 N–H and O–H groups in total. The molecule has 3 rings (SSSR count). The van der Waals surface area contributed by atoms with E-state index in [9.17, 15) is 4.79 Å². The fourth-order valence-electron chi connectivity index (χ4n) is 2.63. The highest BCUT2D eigenvalue weighted by Crippen LogP contribution is 2.38. The van der Waals surface area contributed by atoms with Crippen molar-refractivity contribution in [2.75, 3.05) is 6.61 Å². The molecule has 0 spiro atoms. The maximum absolute atomic E-state index is 11.4. The van der Waals surface area contributed by atoms with Gasteiger partial charge in [0.25, 0.3) is 5.91 Å². The Kier molecular flexibility index (Phi) is 2.55. The number of nitrogens with two attached hydrogens (primary N) is 1. The standard InChI is InChI=1S/C14H15N3O2/c1-7-5-8(2)11-10(6-7)19-4-3-9-12(11)16-17-13(9)14(15)18/h5-6H,3-4H2,1-2H3,(H2,15,18)(H,16,17). The molecule has 1 aromatic heterocycles. The van der Waals surface area contributed by atoms with Crippen molar-refractivity contribution < 1.29 is 9.53 Å². The van der Waals surface area contributed by atoms with E-state index in [1.54, 1.807) is 0 Å². The van der Waals surface area contributed by atoms with Crippen molar-refractivity contribution in [3.05, 3.63) is 34.5 Å². The van der Waals surface area contributed by atoms with Gasteiger partial charge in [0.1, 0.15) is 17.1 Å². The average molecular weight is 257 g/mol. The van der Waals surface area contributed by atoms with Gasteiger partial charge < -0.3 is 10.5 Å². The van der Waals surface area contributed by atoms with Crippen molar-refractivity contribution in [2.45, 2.75) is 20.3 Å². The second-order valence-electron chi connectivity index (χ2n) is 4.84. The molecule has 0 aliphatic carbocycles. The van der Waals surface area contributed by atoms with Crippen molar-refractivity contribution in [1.82, 2.24) is 10.2 Å². The van der Waals surface area contributed by atoms with Gasteiger partial charge in [0, 0.05) is 17.5 Å². The van der Waals surface area contributed by atoms with Crippen molar-refractivity contribution in [1.29, 1.82) is 0 Å². The van der Waals surface area contributed by atoms with Crippen LogP contribution in [0.3, 0.4) is 0 Å². The number of aryl methyl sites for hydroxylation is 2. The number of nitrogens with one attached hydrogen (secondary N) is 1. The first-order chi connectivity index (χ1) is 9.08. The first-order valence-electron chi connectivity index (χ1n) is 6.19. The first-order valence-corrected chi connectivity index (χ1v) is 6.19. The summed E-state index contributed by atoms with van der Waals surface area (Å²) < 4.78 is 5.78. The number of rotatable bonds is 1. The van der Waals surface area contributed by atoms with Crippen molar-refractivity contribution in [3.63, 3.8) is 0 Å². The van der Waals surface area contributed by atoms with Crippen LogP contribution >= 0.6 is 0 Å². The van der Waals surface area contributed by atoms with Crippen LogP contribution in [0.15, 0.2) is 12.1 Å². The van der Waals surface area contributed by atoms with E-state index in [1.807, 2.05) is 19.9 Å². The second-order valence-corrected chi connectivity index (χ2v) is 4.84. The largest absolute Gasteiger partial charge is 0.493 e. The lowest BCUT2D eigenvalue weighted by atomic mass is 9.98. The number of hydrogen-bond acceptors (Lipinski definition) is 3. The first kappa shape index (κ1) is 11.8. The van der Waals surface area contributed by atoms with Crippen molar-refractivity contribution >= 4 is 5.91 Å². The van der Waals surface area contributed by atoms with Crippen LogP contribution in [-0.2, 0) is 6.42 Å². The number of amides is 1. The molecule has 1 aromatic carbocycles. The smallest absolute Gasteiger partial charge is 0.267 e. The molecular formula is C14H15N3O2. The van der Waals surface area contributed by atoms with Gasteiger partial charge in [0.2, 0.25) is 0 Å². The Morgan fingerprint density at radius 3 is 2.95 bits per heavy atom. The normalized spacial score (nSPS) is 13.2. The average Bonchev–Trinajstić information content (AvgIpc) is 2.64. The lowest BCUT2D eigenvalue weighted by Crippen LogP contribution is -2.14. The summed E-state index contributed by atoms with van der Waals surface area (Å²) in [4.78, 5) is 11.4. The third kappa shape index (κ3) is 1.78. The molecule has 2 heterocycles. The topological polar surface area (TPSA) is 81.0 Å². The summed E-state index contributed by atoms with van der Waals surface area (Å²) in [5, 5.41) is 7.01. The zero-order valence-electron chi connectivity index (χ0n) is 10.9. The summed E-state index contributed by atoms with van der Waals surface area (Å²) in [6.07, 6.45) is 0.622. The van der Waals surface area contributed by atoms with Crippen LogP contribution in [0.4, 0.5) is 0 Å². The Balaban J connectivity index is 2.28. The van der Waals surface area contributed by atoms with Crippen LogP contribution in [0.1, 0.15) is 27.2 Å². The van der Waals surface area contributed by atoms with E-state index >= 15 is 0 Å². The van der Waals surface area contributed by atoms with Gasteiger partial charge in [0.05, 0.1) is 6.61 Å². The van der Waals surface area contributed by atoms with E-state index in [-0.39, 0.29) is 0 Å². The summed E-state index contributed by atoms with van der Waals surface area (Å²) in [5.74, 6) is 0.334. The number of primary amides is 1. The molecule has 0 bridgehead atoms. The fraction of sp³-hybridized carbons (Fsp3) is 0.286. The Bertz CT molecular complexity index is 674. The Morgan fingerprint density at radius 2 is 2.21 bits per heavy atom. The van der Waals surface area contributed by atoms with Gasteiger partial charge in [-0.1, -0.05) is 6.07 Å². The molecule has 1 aliphatic rings. The predicted molar refractivity (Wildman–Crippen MR) is 71.2 cm³/mol. The molecule has 0 saturated carbocycles. The fourth-order valence-corrected chi connectivity index (χ4v) is 2.63. The predicted octanol–water partition coefficient (Wildman–Crippen LogP) is 1.73. The quantitative estimate of drug-likeness (QED) is 0.816. The van der Waals surface area contributed by atoms with Crippen LogP contribution in [0, 0.1) is 13.8 Å². The van der Waals surface area contributed by atoms with Gasteiger partial charge in [-0.3, -0.25) is 9.89 Å². The van der Waals surface area contributed by atoms with E-state index in [4.69, 9.17) is 10.5 Å². The maximum Gasteiger partial charge on any atom is 0.267 e. The second kappa shape index (κ2) is 4.12. The molecule has 0 atom stereocenters. The zero-order valence-corrected chi connectivity index (χ0v) is 10.9. The van der Waals surface area contributed by atoms with Crippen LogP contribution < -0.4 is 10.5 Å². The van der Waals surface area contributed by atoms with Gasteiger partial charge in [-0.25, -0.2) is 0 Å². The number of ether oxygens (including phenoxy) is 1. The lowest BCUT2D eigenvalue weighted by molar-refractivity contribution is 0.0994.